The molecule has 17 heavy (non-hydrogen) atoms. The highest BCUT2D eigenvalue weighted by atomic mass is 35.5. The molecule has 1 aromatic carbocycles. The van der Waals surface area contributed by atoms with Crippen LogP contribution in [0.4, 0.5) is 0 Å². The van der Waals surface area contributed by atoms with Crippen LogP contribution in [0.25, 0.3) is 0 Å². The van der Waals surface area contributed by atoms with E-state index in [0.29, 0.717) is 5.92 Å². The van der Waals surface area contributed by atoms with E-state index in [1.807, 2.05) is 6.92 Å². The van der Waals surface area contributed by atoms with Crippen LogP contribution in [0.1, 0.15) is 38.8 Å². The Hall–Kier alpha value is -0.530. The molecular weight excluding hydrogens is 230 g/mol. The van der Waals surface area contributed by atoms with Gasteiger partial charge in [0.25, 0.3) is 0 Å². The quantitative estimate of drug-likeness (QED) is 0.848. The normalized spacial score (nSPS) is 13.8. The lowest BCUT2D eigenvalue weighted by molar-refractivity contribution is 0.381. The zero-order valence-electron chi connectivity index (χ0n) is 11.6. The number of rotatable bonds is 4. The van der Waals surface area contributed by atoms with Gasteiger partial charge in [0.15, 0.2) is 0 Å². The number of hydrogen-bond acceptors (Lipinski definition) is 1. The third kappa shape index (κ3) is 5.56. The topological polar surface area (TPSA) is 12.0 Å². The van der Waals surface area contributed by atoms with Gasteiger partial charge in [-0.3, -0.25) is 0 Å². The summed E-state index contributed by atoms with van der Waals surface area (Å²) in [6.07, 6.45) is 1.07. The Kier molecular flexibility index (Phi) is 5.03. The van der Waals surface area contributed by atoms with E-state index < -0.39 is 0 Å². The Morgan fingerprint density at radius 3 is 2.47 bits per heavy atom. The Morgan fingerprint density at radius 1 is 1.29 bits per heavy atom. The van der Waals surface area contributed by atoms with Gasteiger partial charge in [-0.2, -0.15) is 0 Å². The number of hydrogen-bond donors (Lipinski definition) is 1. The number of halogens is 1. The van der Waals surface area contributed by atoms with Crippen molar-refractivity contribution >= 4 is 11.6 Å². The average molecular weight is 254 g/mol. The van der Waals surface area contributed by atoms with Crippen molar-refractivity contribution < 1.29 is 0 Å². The van der Waals surface area contributed by atoms with Crippen molar-refractivity contribution in [2.45, 2.75) is 46.6 Å². The highest BCUT2D eigenvalue weighted by molar-refractivity contribution is 6.31. The van der Waals surface area contributed by atoms with Crippen LogP contribution < -0.4 is 5.32 Å². The molecule has 1 rings (SSSR count). The molecule has 0 fully saturated rings. The van der Waals surface area contributed by atoms with Crippen molar-refractivity contribution in [3.8, 4) is 0 Å². The minimum atomic E-state index is 0.194. The second-order valence-corrected chi connectivity index (χ2v) is 6.43. The van der Waals surface area contributed by atoms with E-state index in [-0.39, 0.29) is 5.54 Å². The molecule has 0 aliphatic carbocycles. The first-order valence-electron chi connectivity index (χ1n) is 6.28. The maximum atomic E-state index is 6.13. The molecule has 0 aliphatic heterocycles. The molecule has 0 spiro atoms. The highest BCUT2D eigenvalue weighted by Crippen LogP contribution is 2.19. The van der Waals surface area contributed by atoms with Crippen LogP contribution in [-0.4, -0.2) is 12.1 Å². The Balaban J connectivity index is 2.50. The molecule has 0 aliphatic rings. The van der Waals surface area contributed by atoms with Gasteiger partial charge in [-0.25, -0.2) is 0 Å². The molecule has 2 heteroatoms. The van der Waals surface area contributed by atoms with Crippen molar-refractivity contribution in [1.29, 1.82) is 0 Å². The summed E-state index contributed by atoms with van der Waals surface area (Å²) >= 11 is 6.13. The van der Waals surface area contributed by atoms with Crippen molar-refractivity contribution in [3.63, 3.8) is 0 Å². The van der Waals surface area contributed by atoms with Gasteiger partial charge in [-0.05, 0) is 63.8 Å². The van der Waals surface area contributed by atoms with Crippen LogP contribution in [0.15, 0.2) is 18.2 Å². The summed E-state index contributed by atoms with van der Waals surface area (Å²) in [7, 11) is 0. The highest BCUT2D eigenvalue weighted by Gasteiger charge is 2.11. The number of benzene rings is 1. The molecule has 1 aromatic rings. The fraction of sp³-hybridized carbons (Fsp3) is 0.600. The lowest BCUT2D eigenvalue weighted by atomic mass is 9.99. The summed E-state index contributed by atoms with van der Waals surface area (Å²) < 4.78 is 0. The van der Waals surface area contributed by atoms with E-state index in [4.69, 9.17) is 11.6 Å². The van der Waals surface area contributed by atoms with Gasteiger partial charge in [-0.15, -0.1) is 0 Å². The van der Waals surface area contributed by atoms with Crippen LogP contribution in [0, 0.1) is 12.8 Å². The molecule has 0 bridgehead atoms. The molecular formula is C15H24ClN. The average Bonchev–Trinajstić information content (AvgIpc) is 2.20. The predicted molar refractivity (Wildman–Crippen MR) is 76.8 cm³/mol. The van der Waals surface area contributed by atoms with Gasteiger partial charge >= 0.3 is 0 Å². The molecule has 96 valence electrons. The van der Waals surface area contributed by atoms with E-state index >= 15 is 0 Å². The van der Waals surface area contributed by atoms with E-state index in [2.05, 4.69) is 51.2 Å². The summed E-state index contributed by atoms with van der Waals surface area (Å²) in [5.74, 6) is 0.619. The summed E-state index contributed by atoms with van der Waals surface area (Å²) in [6.45, 7) is 11.9. The van der Waals surface area contributed by atoms with Crippen LogP contribution >= 0.6 is 11.6 Å². The monoisotopic (exact) mass is 253 g/mol. The molecule has 0 saturated carbocycles. The Morgan fingerprint density at radius 2 is 1.94 bits per heavy atom. The standard InChI is InChI=1S/C15H24ClN/c1-11(10-17-15(3,4)5)8-13-7-6-12(2)14(16)9-13/h6-7,9,11,17H,8,10H2,1-5H3. The summed E-state index contributed by atoms with van der Waals surface area (Å²) in [6, 6.07) is 6.36. The Bertz CT molecular complexity index is 366. The largest absolute Gasteiger partial charge is 0.312 e. The zero-order valence-corrected chi connectivity index (χ0v) is 12.4. The van der Waals surface area contributed by atoms with E-state index in [1.165, 1.54) is 5.56 Å². The lowest BCUT2D eigenvalue weighted by Gasteiger charge is -2.23. The van der Waals surface area contributed by atoms with Crippen molar-refractivity contribution in [1.82, 2.24) is 5.32 Å². The minimum absolute atomic E-state index is 0.194. The summed E-state index contributed by atoms with van der Waals surface area (Å²) in [5.41, 5.74) is 2.67. The number of aryl methyl sites for hydroxylation is 1. The predicted octanol–water partition coefficient (Wildman–Crippen LogP) is 4.22. The van der Waals surface area contributed by atoms with Crippen LogP contribution in [0.2, 0.25) is 5.02 Å². The Labute approximate surface area is 111 Å². The zero-order chi connectivity index (χ0) is 13.1. The first-order valence-corrected chi connectivity index (χ1v) is 6.66. The minimum Gasteiger partial charge on any atom is -0.312 e. The first-order chi connectivity index (χ1) is 7.78. The lowest BCUT2D eigenvalue weighted by Crippen LogP contribution is -2.39. The van der Waals surface area contributed by atoms with E-state index in [0.717, 1.165) is 23.6 Å². The third-order valence-electron chi connectivity index (χ3n) is 2.80. The second kappa shape index (κ2) is 5.88. The van der Waals surface area contributed by atoms with Gasteiger partial charge in [0.2, 0.25) is 0 Å². The maximum absolute atomic E-state index is 6.13. The third-order valence-corrected chi connectivity index (χ3v) is 3.21. The van der Waals surface area contributed by atoms with E-state index in [1.54, 1.807) is 0 Å². The molecule has 1 N–H and O–H groups in total. The molecule has 1 nitrogen and oxygen atoms in total. The molecule has 1 unspecified atom stereocenters. The molecule has 0 saturated heterocycles. The molecule has 0 aromatic heterocycles. The van der Waals surface area contributed by atoms with Gasteiger partial charge < -0.3 is 5.32 Å². The molecule has 1 atom stereocenters. The van der Waals surface area contributed by atoms with Gasteiger partial charge in [0, 0.05) is 10.6 Å². The maximum Gasteiger partial charge on any atom is 0.0437 e. The molecule has 0 radical (unpaired) electrons. The fourth-order valence-electron chi connectivity index (χ4n) is 1.72. The van der Waals surface area contributed by atoms with Crippen LogP contribution in [0.5, 0.6) is 0 Å². The second-order valence-electron chi connectivity index (χ2n) is 6.02. The first kappa shape index (κ1) is 14.5. The van der Waals surface area contributed by atoms with Gasteiger partial charge in [-0.1, -0.05) is 30.7 Å². The van der Waals surface area contributed by atoms with E-state index in [9.17, 15) is 0 Å². The fourth-order valence-corrected chi connectivity index (χ4v) is 1.92. The van der Waals surface area contributed by atoms with Crippen molar-refractivity contribution in [2.75, 3.05) is 6.54 Å². The molecule has 0 heterocycles. The smallest absolute Gasteiger partial charge is 0.0437 e. The summed E-state index contributed by atoms with van der Waals surface area (Å²) in [4.78, 5) is 0. The summed E-state index contributed by atoms with van der Waals surface area (Å²) in [5, 5.41) is 4.41. The van der Waals surface area contributed by atoms with Crippen molar-refractivity contribution in [3.05, 3.63) is 34.3 Å². The van der Waals surface area contributed by atoms with Crippen LogP contribution in [0.3, 0.4) is 0 Å². The van der Waals surface area contributed by atoms with Crippen LogP contribution in [-0.2, 0) is 6.42 Å². The molecule has 0 amide bonds. The number of nitrogens with one attached hydrogen (secondary N) is 1. The van der Waals surface area contributed by atoms with Gasteiger partial charge in [0.1, 0.15) is 0 Å². The SMILES string of the molecule is Cc1ccc(CC(C)CNC(C)(C)C)cc1Cl. The van der Waals surface area contributed by atoms with Crippen molar-refractivity contribution in [2.24, 2.45) is 5.92 Å². The van der Waals surface area contributed by atoms with Gasteiger partial charge in [0.05, 0.1) is 0 Å².